The Bertz CT molecular complexity index is 330. The minimum Gasteiger partial charge on any atom is -0.481 e. The lowest BCUT2D eigenvalue weighted by atomic mass is 10.1. The number of hydrogen-bond acceptors (Lipinski definition) is 5. The number of nitrogens with two attached hydrogens (primary N) is 1. The van der Waals surface area contributed by atoms with Crippen LogP contribution in [0.15, 0.2) is 6.07 Å². The first-order chi connectivity index (χ1) is 7.69. The van der Waals surface area contributed by atoms with Crippen LogP contribution >= 0.6 is 0 Å². The maximum Gasteiger partial charge on any atom is 0.218 e. The molecule has 0 aliphatic rings. The molecule has 1 aromatic heterocycles. The summed E-state index contributed by atoms with van der Waals surface area (Å²) in [6.45, 7) is 4.64. The van der Waals surface area contributed by atoms with E-state index in [0.717, 1.165) is 18.7 Å². The van der Waals surface area contributed by atoms with Crippen molar-refractivity contribution in [3.8, 4) is 5.88 Å². The van der Waals surface area contributed by atoms with Crippen molar-refractivity contribution in [2.75, 3.05) is 19.0 Å². The monoisotopic (exact) mass is 224 g/mol. The van der Waals surface area contributed by atoms with Crippen LogP contribution in [0.4, 0.5) is 5.82 Å². The molecule has 0 aliphatic carbocycles. The van der Waals surface area contributed by atoms with Crippen LogP contribution in [0.25, 0.3) is 0 Å². The number of hydrogen-bond donors (Lipinski definition) is 2. The predicted molar refractivity (Wildman–Crippen MR) is 64.7 cm³/mol. The molecule has 1 unspecified atom stereocenters. The van der Waals surface area contributed by atoms with Gasteiger partial charge in [0.2, 0.25) is 5.88 Å². The first-order valence-electron chi connectivity index (χ1n) is 5.55. The fourth-order valence-corrected chi connectivity index (χ4v) is 1.51. The van der Waals surface area contributed by atoms with Crippen molar-refractivity contribution >= 4 is 5.82 Å². The predicted octanol–water partition coefficient (Wildman–Crippen LogP) is 1.33. The normalized spacial score (nSPS) is 12.2. The first-order valence-corrected chi connectivity index (χ1v) is 5.55. The molecule has 1 aromatic rings. The summed E-state index contributed by atoms with van der Waals surface area (Å²) in [5, 5.41) is 3.33. The van der Waals surface area contributed by atoms with E-state index in [1.807, 2.05) is 6.92 Å². The molecular weight excluding hydrogens is 204 g/mol. The molecule has 0 saturated heterocycles. The zero-order valence-electron chi connectivity index (χ0n) is 10.2. The lowest BCUT2D eigenvalue weighted by molar-refractivity contribution is 0.395. The number of ether oxygens (including phenoxy) is 1. The van der Waals surface area contributed by atoms with E-state index in [2.05, 4.69) is 22.2 Å². The summed E-state index contributed by atoms with van der Waals surface area (Å²) >= 11 is 0. The molecule has 0 bridgehead atoms. The molecule has 1 heterocycles. The lowest BCUT2D eigenvalue weighted by Gasteiger charge is -2.17. The highest BCUT2D eigenvalue weighted by Gasteiger charge is 2.07. The molecule has 1 rings (SSSR count). The van der Waals surface area contributed by atoms with Crippen molar-refractivity contribution in [3.63, 3.8) is 0 Å². The fourth-order valence-electron chi connectivity index (χ4n) is 1.51. The van der Waals surface area contributed by atoms with Crippen molar-refractivity contribution in [1.29, 1.82) is 0 Å². The van der Waals surface area contributed by atoms with Gasteiger partial charge in [0.15, 0.2) is 0 Å². The van der Waals surface area contributed by atoms with E-state index in [4.69, 9.17) is 10.5 Å². The zero-order chi connectivity index (χ0) is 12.0. The fraction of sp³-hybridized carbons (Fsp3) is 0.636. The number of nitrogens with one attached hydrogen (secondary N) is 1. The van der Waals surface area contributed by atoms with Gasteiger partial charge in [-0.15, -0.1) is 0 Å². The Hall–Kier alpha value is -1.36. The van der Waals surface area contributed by atoms with Gasteiger partial charge in [-0.1, -0.05) is 6.92 Å². The second-order valence-corrected chi connectivity index (χ2v) is 3.67. The van der Waals surface area contributed by atoms with Crippen LogP contribution < -0.4 is 15.8 Å². The molecule has 0 aromatic carbocycles. The van der Waals surface area contributed by atoms with Crippen molar-refractivity contribution in [2.45, 2.75) is 32.7 Å². The number of aryl methyl sites for hydroxylation is 1. The molecule has 0 saturated carbocycles. The van der Waals surface area contributed by atoms with Crippen molar-refractivity contribution < 1.29 is 4.74 Å². The Morgan fingerprint density at radius 2 is 2.25 bits per heavy atom. The Morgan fingerprint density at radius 1 is 1.50 bits per heavy atom. The molecule has 3 N–H and O–H groups in total. The number of anilines is 1. The SMILES string of the molecule is CCC(CCN)Nc1cc(OC)nc(C)n1. The average molecular weight is 224 g/mol. The van der Waals surface area contributed by atoms with Crippen molar-refractivity contribution in [1.82, 2.24) is 9.97 Å². The van der Waals surface area contributed by atoms with Crippen LogP contribution in [0.1, 0.15) is 25.6 Å². The minimum atomic E-state index is 0.351. The van der Waals surface area contributed by atoms with Crippen LogP contribution in [-0.4, -0.2) is 29.7 Å². The molecular formula is C11H20N4O. The van der Waals surface area contributed by atoms with E-state index < -0.39 is 0 Å². The Labute approximate surface area is 96.4 Å². The third kappa shape index (κ3) is 3.66. The molecule has 16 heavy (non-hydrogen) atoms. The third-order valence-electron chi connectivity index (χ3n) is 2.38. The smallest absolute Gasteiger partial charge is 0.218 e. The second kappa shape index (κ2) is 6.27. The van der Waals surface area contributed by atoms with Crippen LogP contribution in [0.2, 0.25) is 0 Å². The van der Waals surface area contributed by atoms with Gasteiger partial charge in [-0.2, -0.15) is 4.98 Å². The molecule has 0 amide bonds. The molecule has 5 nitrogen and oxygen atoms in total. The van der Waals surface area contributed by atoms with Gasteiger partial charge in [-0.25, -0.2) is 4.98 Å². The van der Waals surface area contributed by atoms with E-state index in [0.29, 0.717) is 24.3 Å². The van der Waals surface area contributed by atoms with Gasteiger partial charge in [0.1, 0.15) is 11.6 Å². The van der Waals surface area contributed by atoms with Crippen LogP contribution in [-0.2, 0) is 0 Å². The average Bonchev–Trinajstić information content (AvgIpc) is 2.27. The van der Waals surface area contributed by atoms with E-state index in [1.54, 1.807) is 13.2 Å². The van der Waals surface area contributed by atoms with Crippen LogP contribution in [0.3, 0.4) is 0 Å². The Balaban J connectivity index is 2.74. The molecule has 0 radical (unpaired) electrons. The largest absolute Gasteiger partial charge is 0.481 e. The Kier molecular flexibility index (Phi) is 4.98. The molecule has 90 valence electrons. The van der Waals surface area contributed by atoms with Gasteiger partial charge in [0.25, 0.3) is 0 Å². The number of aromatic nitrogens is 2. The molecule has 0 fully saturated rings. The molecule has 1 atom stereocenters. The van der Waals surface area contributed by atoms with Gasteiger partial charge in [-0.05, 0) is 26.3 Å². The standard InChI is InChI=1S/C11H20N4O/c1-4-9(5-6-12)15-10-7-11(16-3)14-8(2)13-10/h7,9H,4-6,12H2,1-3H3,(H,13,14,15). The highest BCUT2D eigenvalue weighted by atomic mass is 16.5. The Morgan fingerprint density at radius 3 is 2.81 bits per heavy atom. The van der Waals surface area contributed by atoms with Crippen LogP contribution in [0.5, 0.6) is 5.88 Å². The summed E-state index contributed by atoms with van der Waals surface area (Å²) < 4.78 is 5.10. The quantitative estimate of drug-likeness (QED) is 0.762. The van der Waals surface area contributed by atoms with E-state index in [1.165, 1.54) is 0 Å². The number of methoxy groups -OCH3 is 1. The highest BCUT2D eigenvalue weighted by Crippen LogP contribution is 2.15. The van der Waals surface area contributed by atoms with Gasteiger partial charge in [0, 0.05) is 12.1 Å². The maximum atomic E-state index is 5.55. The summed E-state index contributed by atoms with van der Waals surface area (Å²) in [7, 11) is 1.60. The first kappa shape index (κ1) is 12.7. The molecule has 0 spiro atoms. The van der Waals surface area contributed by atoms with E-state index in [9.17, 15) is 0 Å². The van der Waals surface area contributed by atoms with Crippen molar-refractivity contribution in [2.24, 2.45) is 5.73 Å². The summed E-state index contributed by atoms with van der Waals surface area (Å²) in [5.74, 6) is 2.08. The third-order valence-corrected chi connectivity index (χ3v) is 2.38. The summed E-state index contributed by atoms with van der Waals surface area (Å²) in [4.78, 5) is 8.44. The van der Waals surface area contributed by atoms with Gasteiger partial charge in [0.05, 0.1) is 7.11 Å². The second-order valence-electron chi connectivity index (χ2n) is 3.67. The highest BCUT2D eigenvalue weighted by molar-refractivity contribution is 5.39. The van der Waals surface area contributed by atoms with Crippen LogP contribution in [0, 0.1) is 6.92 Å². The van der Waals surface area contributed by atoms with Gasteiger partial charge in [-0.3, -0.25) is 0 Å². The zero-order valence-corrected chi connectivity index (χ0v) is 10.2. The van der Waals surface area contributed by atoms with Crippen molar-refractivity contribution in [3.05, 3.63) is 11.9 Å². The van der Waals surface area contributed by atoms with E-state index in [-0.39, 0.29) is 0 Å². The van der Waals surface area contributed by atoms with Gasteiger partial charge < -0.3 is 15.8 Å². The summed E-state index contributed by atoms with van der Waals surface area (Å²) in [5.41, 5.74) is 5.55. The lowest BCUT2D eigenvalue weighted by Crippen LogP contribution is -2.23. The maximum absolute atomic E-state index is 5.55. The molecule has 5 heteroatoms. The topological polar surface area (TPSA) is 73.1 Å². The van der Waals surface area contributed by atoms with Gasteiger partial charge >= 0.3 is 0 Å². The van der Waals surface area contributed by atoms with E-state index >= 15 is 0 Å². The minimum absolute atomic E-state index is 0.351. The number of nitrogens with zero attached hydrogens (tertiary/aromatic N) is 2. The number of rotatable bonds is 6. The summed E-state index contributed by atoms with van der Waals surface area (Å²) in [6, 6.07) is 2.15. The molecule has 0 aliphatic heterocycles. The summed E-state index contributed by atoms with van der Waals surface area (Å²) in [6.07, 6.45) is 1.95.